The topological polar surface area (TPSA) is 84.3 Å². The van der Waals surface area contributed by atoms with Gasteiger partial charge in [-0.2, -0.15) is 0 Å². The standard InChI is InChI=1S/C15H11Cl2N3O3/c16-13(10-6-8-12(9-7-10)20(22)23)14(17)19-15(21)18-11-4-2-1-3-5-11/h1-9H,(H2,18,19,21)/b14-13-. The first-order chi connectivity index (χ1) is 11.0. The lowest BCUT2D eigenvalue weighted by atomic mass is 10.2. The molecule has 2 aromatic carbocycles. The lowest BCUT2D eigenvalue weighted by Gasteiger charge is -2.08. The number of carbonyl (C=O) groups excluding carboxylic acids is 1. The van der Waals surface area contributed by atoms with Gasteiger partial charge in [0.15, 0.2) is 0 Å². The smallest absolute Gasteiger partial charge is 0.308 e. The molecule has 0 unspecified atom stereocenters. The van der Waals surface area contributed by atoms with Gasteiger partial charge in [-0.1, -0.05) is 41.4 Å². The summed E-state index contributed by atoms with van der Waals surface area (Å²) in [6.07, 6.45) is 0. The van der Waals surface area contributed by atoms with Crippen molar-refractivity contribution >= 4 is 45.6 Å². The number of nitrogens with one attached hydrogen (secondary N) is 2. The molecule has 0 saturated heterocycles. The highest BCUT2D eigenvalue weighted by molar-refractivity contribution is 6.54. The first-order valence-electron chi connectivity index (χ1n) is 6.40. The highest BCUT2D eigenvalue weighted by Gasteiger charge is 2.11. The Morgan fingerprint density at radius 3 is 2.17 bits per heavy atom. The molecule has 23 heavy (non-hydrogen) atoms. The van der Waals surface area contributed by atoms with Crippen molar-refractivity contribution in [3.05, 3.63) is 75.4 Å². The van der Waals surface area contributed by atoms with Gasteiger partial charge in [0.2, 0.25) is 0 Å². The largest absolute Gasteiger partial charge is 0.324 e. The van der Waals surface area contributed by atoms with E-state index in [-0.39, 0.29) is 15.9 Å². The molecule has 0 aliphatic rings. The molecule has 0 aliphatic carbocycles. The van der Waals surface area contributed by atoms with E-state index in [1.54, 1.807) is 24.3 Å². The molecule has 8 heteroatoms. The van der Waals surface area contributed by atoms with Crippen molar-refractivity contribution in [3.63, 3.8) is 0 Å². The monoisotopic (exact) mass is 351 g/mol. The second-order valence-corrected chi connectivity index (χ2v) is 5.13. The fourth-order valence-electron chi connectivity index (χ4n) is 1.69. The summed E-state index contributed by atoms with van der Waals surface area (Å²) in [6, 6.07) is 13.7. The summed E-state index contributed by atoms with van der Waals surface area (Å²) in [5.74, 6) is 0. The van der Waals surface area contributed by atoms with Gasteiger partial charge in [0.25, 0.3) is 5.69 Å². The predicted octanol–water partition coefficient (Wildman–Crippen LogP) is 4.52. The number of rotatable bonds is 4. The average Bonchev–Trinajstić information content (AvgIpc) is 2.55. The van der Waals surface area contributed by atoms with E-state index >= 15 is 0 Å². The number of urea groups is 1. The van der Waals surface area contributed by atoms with Gasteiger partial charge in [-0.3, -0.25) is 15.4 Å². The minimum atomic E-state index is -0.554. The molecule has 118 valence electrons. The number of hydrogen-bond acceptors (Lipinski definition) is 3. The maximum absolute atomic E-state index is 11.8. The highest BCUT2D eigenvalue weighted by Crippen LogP contribution is 2.25. The molecule has 0 radical (unpaired) electrons. The number of amides is 2. The molecule has 0 atom stereocenters. The van der Waals surface area contributed by atoms with Crippen molar-refractivity contribution < 1.29 is 9.72 Å². The molecule has 6 nitrogen and oxygen atoms in total. The lowest BCUT2D eigenvalue weighted by molar-refractivity contribution is -0.384. The number of carbonyl (C=O) groups is 1. The number of non-ortho nitro benzene ring substituents is 1. The van der Waals surface area contributed by atoms with Crippen LogP contribution in [0, 0.1) is 10.1 Å². The Labute approximate surface area is 141 Å². The van der Waals surface area contributed by atoms with Crippen LogP contribution in [0.4, 0.5) is 16.2 Å². The first kappa shape index (κ1) is 16.8. The summed E-state index contributed by atoms with van der Waals surface area (Å²) in [5, 5.41) is 15.6. The normalized spacial score (nSPS) is 11.4. The zero-order valence-corrected chi connectivity index (χ0v) is 13.1. The van der Waals surface area contributed by atoms with Gasteiger partial charge in [-0.15, -0.1) is 0 Å². The Bertz CT molecular complexity index is 746. The number of nitrogens with zero attached hydrogens (tertiary/aromatic N) is 1. The summed E-state index contributed by atoms with van der Waals surface area (Å²) in [5.41, 5.74) is 0.979. The van der Waals surface area contributed by atoms with Crippen molar-refractivity contribution in [2.45, 2.75) is 0 Å². The highest BCUT2D eigenvalue weighted by atomic mass is 35.5. The van der Waals surface area contributed by atoms with Crippen LogP contribution in [0.5, 0.6) is 0 Å². The number of anilines is 1. The molecule has 0 heterocycles. The van der Waals surface area contributed by atoms with Crippen LogP contribution in [-0.2, 0) is 0 Å². The van der Waals surface area contributed by atoms with Gasteiger partial charge in [0.05, 0.1) is 9.96 Å². The third-order valence-corrected chi connectivity index (χ3v) is 3.57. The summed E-state index contributed by atoms with van der Waals surface area (Å²) >= 11 is 12.0. The Morgan fingerprint density at radius 2 is 1.61 bits per heavy atom. The number of halogens is 2. The van der Waals surface area contributed by atoms with Crippen LogP contribution in [0.2, 0.25) is 0 Å². The second-order valence-electron chi connectivity index (χ2n) is 4.38. The third kappa shape index (κ3) is 4.70. The quantitative estimate of drug-likeness (QED) is 0.482. The molecule has 2 N–H and O–H groups in total. The molecule has 0 aromatic heterocycles. The first-order valence-corrected chi connectivity index (χ1v) is 7.16. The predicted molar refractivity (Wildman–Crippen MR) is 90.3 cm³/mol. The SMILES string of the molecule is O=C(N/C(Cl)=C(\Cl)c1ccc([N+](=O)[O-])cc1)Nc1ccccc1. The van der Waals surface area contributed by atoms with Crippen LogP contribution in [0.15, 0.2) is 59.8 Å². The zero-order valence-electron chi connectivity index (χ0n) is 11.6. The Morgan fingerprint density at radius 1 is 1.00 bits per heavy atom. The van der Waals surface area contributed by atoms with Gasteiger partial charge in [-0.05, 0) is 29.8 Å². The van der Waals surface area contributed by atoms with Crippen LogP contribution in [0.1, 0.15) is 5.56 Å². The van der Waals surface area contributed by atoms with E-state index in [2.05, 4.69) is 10.6 Å². The Hall–Kier alpha value is -2.57. The lowest BCUT2D eigenvalue weighted by Crippen LogP contribution is -2.26. The van der Waals surface area contributed by atoms with Crippen molar-refractivity contribution in [2.24, 2.45) is 0 Å². The molecule has 2 aromatic rings. The fraction of sp³-hybridized carbons (Fsp3) is 0. The number of nitro benzene ring substituents is 1. The number of hydrogen-bond donors (Lipinski definition) is 2. The van der Waals surface area contributed by atoms with Gasteiger partial charge in [0, 0.05) is 17.8 Å². The van der Waals surface area contributed by atoms with E-state index < -0.39 is 11.0 Å². The third-order valence-electron chi connectivity index (χ3n) is 2.78. The summed E-state index contributed by atoms with van der Waals surface area (Å²) in [7, 11) is 0. The number of para-hydroxylation sites is 1. The van der Waals surface area contributed by atoms with Crippen molar-refractivity contribution in [2.75, 3.05) is 5.32 Å². The number of benzene rings is 2. The van der Waals surface area contributed by atoms with Crippen molar-refractivity contribution in [1.82, 2.24) is 5.32 Å². The molecule has 0 aliphatic heterocycles. The zero-order chi connectivity index (χ0) is 16.8. The minimum Gasteiger partial charge on any atom is -0.308 e. The molecule has 2 rings (SSSR count). The molecule has 0 bridgehead atoms. The second kappa shape index (κ2) is 7.62. The van der Waals surface area contributed by atoms with Crippen LogP contribution in [0.25, 0.3) is 5.03 Å². The van der Waals surface area contributed by atoms with Crippen LogP contribution < -0.4 is 10.6 Å². The van der Waals surface area contributed by atoms with E-state index in [1.165, 1.54) is 24.3 Å². The molecular formula is C15H11Cl2N3O3. The maximum Gasteiger partial charge on any atom is 0.324 e. The van der Waals surface area contributed by atoms with Crippen LogP contribution in [0.3, 0.4) is 0 Å². The van der Waals surface area contributed by atoms with Crippen molar-refractivity contribution in [1.29, 1.82) is 0 Å². The van der Waals surface area contributed by atoms with Gasteiger partial charge >= 0.3 is 6.03 Å². The average molecular weight is 352 g/mol. The van der Waals surface area contributed by atoms with E-state index in [1.807, 2.05) is 6.07 Å². The molecule has 2 amide bonds. The van der Waals surface area contributed by atoms with Crippen LogP contribution >= 0.6 is 23.2 Å². The number of nitro groups is 1. The maximum atomic E-state index is 11.8. The van der Waals surface area contributed by atoms with Gasteiger partial charge in [0.1, 0.15) is 5.16 Å². The Kier molecular flexibility index (Phi) is 5.56. The van der Waals surface area contributed by atoms with E-state index in [0.717, 1.165) is 0 Å². The van der Waals surface area contributed by atoms with Gasteiger partial charge in [-0.25, -0.2) is 4.79 Å². The fourth-order valence-corrected chi connectivity index (χ4v) is 2.06. The Balaban J connectivity index is 2.07. The molecule has 0 saturated carbocycles. The molecule has 0 spiro atoms. The van der Waals surface area contributed by atoms with Crippen molar-refractivity contribution in [3.8, 4) is 0 Å². The van der Waals surface area contributed by atoms with Crippen LogP contribution in [-0.4, -0.2) is 11.0 Å². The van der Waals surface area contributed by atoms with E-state index in [4.69, 9.17) is 23.2 Å². The summed E-state index contributed by atoms with van der Waals surface area (Å²) in [4.78, 5) is 21.9. The van der Waals surface area contributed by atoms with E-state index in [0.29, 0.717) is 11.3 Å². The molecular weight excluding hydrogens is 341 g/mol. The minimum absolute atomic E-state index is 0.0656. The molecule has 0 fully saturated rings. The summed E-state index contributed by atoms with van der Waals surface area (Å²) < 4.78 is 0. The van der Waals surface area contributed by atoms with E-state index in [9.17, 15) is 14.9 Å². The van der Waals surface area contributed by atoms with Gasteiger partial charge < -0.3 is 5.32 Å². The summed E-state index contributed by atoms with van der Waals surface area (Å²) in [6.45, 7) is 0.